The quantitative estimate of drug-likeness (QED) is 0.922. The van der Waals surface area contributed by atoms with Crippen LogP contribution in [0.2, 0.25) is 4.34 Å². The van der Waals surface area contributed by atoms with Crippen molar-refractivity contribution in [2.24, 2.45) is 0 Å². The SMILES string of the molecule is CCC1(CC)NC(=O)CC(C)N(Cc2ccc(Cl)s2)C1=O. The fraction of sp³-hybridized carbons (Fsp3) is 0.600. The Hall–Kier alpha value is -1.07. The molecule has 4 nitrogen and oxygen atoms in total. The largest absolute Gasteiger partial charge is 0.342 e. The van der Waals surface area contributed by atoms with Crippen LogP contribution in [0, 0.1) is 0 Å². The predicted octanol–water partition coefficient (Wildman–Crippen LogP) is 3.20. The Morgan fingerprint density at radius 3 is 2.57 bits per heavy atom. The van der Waals surface area contributed by atoms with Crippen LogP contribution in [0.15, 0.2) is 12.1 Å². The van der Waals surface area contributed by atoms with E-state index >= 15 is 0 Å². The summed E-state index contributed by atoms with van der Waals surface area (Å²) in [6.07, 6.45) is 1.54. The Morgan fingerprint density at radius 1 is 1.38 bits per heavy atom. The molecule has 1 aliphatic rings. The summed E-state index contributed by atoms with van der Waals surface area (Å²) in [5.74, 6) is -0.0402. The molecule has 1 aromatic heterocycles. The molecule has 116 valence electrons. The van der Waals surface area contributed by atoms with Gasteiger partial charge in [-0.15, -0.1) is 11.3 Å². The summed E-state index contributed by atoms with van der Waals surface area (Å²) in [4.78, 5) is 27.9. The number of hydrogen-bond acceptors (Lipinski definition) is 3. The highest BCUT2D eigenvalue weighted by molar-refractivity contribution is 7.16. The fourth-order valence-electron chi connectivity index (χ4n) is 2.79. The molecule has 0 spiro atoms. The number of nitrogens with zero attached hydrogens (tertiary/aromatic N) is 1. The van der Waals surface area contributed by atoms with Crippen molar-refractivity contribution < 1.29 is 9.59 Å². The number of hydrogen-bond donors (Lipinski definition) is 1. The molecule has 2 heterocycles. The third-order valence-electron chi connectivity index (χ3n) is 4.22. The van der Waals surface area contributed by atoms with Gasteiger partial charge >= 0.3 is 0 Å². The molecule has 1 atom stereocenters. The van der Waals surface area contributed by atoms with E-state index in [4.69, 9.17) is 11.6 Å². The first-order valence-corrected chi connectivity index (χ1v) is 8.47. The minimum absolute atomic E-state index is 0.00960. The number of halogens is 1. The Kier molecular flexibility index (Phi) is 4.94. The van der Waals surface area contributed by atoms with E-state index in [0.717, 1.165) is 4.88 Å². The zero-order valence-corrected chi connectivity index (χ0v) is 14.2. The van der Waals surface area contributed by atoms with Crippen LogP contribution in [0.4, 0.5) is 0 Å². The standard InChI is InChI=1S/C15H21ClN2O2S/c1-4-15(5-2)14(20)18(10(3)8-13(19)17-15)9-11-6-7-12(16)21-11/h6-7,10H,4-5,8-9H2,1-3H3,(H,17,19). The van der Waals surface area contributed by atoms with Crippen molar-refractivity contribution in [2.45, 2.75) is 58.2 Å². The highest BCUT2D eigenvalue weighted by atomic mass is 35.5. The van der Waals surface area contributed by atoms with Crippen LogP contribution in [-0.4, -0.2) is 28.3 Å². The summed E-state index contributed by atoms with van der Waals surface area (Å²) in [6, 6.07) is 3.66. The lowest BCUT2D eigenvalue weighted by Gasteiger charge is -2.35. The molecule has 0 bridgehead atoms. The Balaban J connectivity index is 2.32. The van der Waals surface area contributed by atoms with Crippen molar-refractivity contribution in [1.29, 1.82) is 0 Å². The van der Waals surface area contributed by atoms with Gasteiger partial charge in [-0.2, -0.15) is 0 Å². The average Bonchev–Trinajstić information content (AvgIpc) is 2.83. The molecule has 0 aromatic carbocycles. The molecule has 1 unspecified atom stereocenters. The minimum Gasteiger partial charge on any atom is -0.342 e. The molecule has 6 heteroatoms. The van der Waals surface area contributed by atoms with Gasteiger partial charge < -0.3 is 10.2 Å². The molecular formula is C15H21ClN2O2S. The molecule has 1 aromatic rings. The lowest BCUT2D eigenvalue weighted by molar-refractivity contribution is -0.141. The number of amides is 2. The summed E-state index contributed by atoms with van der Waals surface area (Å²) in [7, 11) is 0. The summed E-state index contributed by atoms with van der Waals surface area (Å²) in [6.45, 7) is 6.32. The van der Waals surface area contributed by atoms with Gasteiger partial charge in [0, 0.05) is 17.3 Å². The van der Waals surface area contributed by atoms with Gasteiger partial charge in [-0.25, -0.2) is 0 Å². The van der Waals surface area contributed by atoms with Gasteiger partial charge in [-0.3, -0.25) is 9.59 Å². The third-order valence-corrected chi connectivity index (χ3v) is 5.44. The van der Waals surface area contributed by atoms with E-state index in [-0.39, 0.29) is 17.9 Å². The first-order valence-electron chi connectivity index (χ1n) is 7.28. The molecule has 1 fully saturated rings. The van der Waals surface area contributed by atoms with Gasteiger partial charge in [0.1, 0.15) is 5.54 Å². The number of rotatable bonds is 4. The maximum absolute atomic E-state index is 13.0. The fourth-order valence-corrected chi connectivity index (χ4v) is 3.87. The summed E-state index contributed by atoms with van der Waals surface area (Å²) >= 11 is 7.44. The predicted molar refractivity (Wildman–Crippen MR) is 85.4 cm³/mol. The lowest BCUT2D eigenvalue weighted by atomic mass is 9.91. The summed E-state index contributed by atoms with van der Waals surface area (Å²) in [5.41, 5.74) is -0.775. The molecular weight excluding hydrogens is 308 g/mol. The third kappa shape index (κ3) is 3.24. The van der Waals surface area contributed by atoms with Crippen LogP contribution in [0.3, 0.4) is 0 Å². The number of nitrogens with one attached hydrogen (secondary N) is 1. The summed E-state index contributed by atoms with van der Waals surface area (Å²) in [5, 5.41) is 2.94. The van der Waals surface area contributed by atoms with Crippen LogP contribution in [-0.2, 0) is 16.1 Å². The van der Waals surface area contributed by atoms with Crippen molar-refractivity contribution >= 4 is 34.8 Å². The van der Waals surface area contributed by atoms with Crippen LogP contribution in [0.1, 0.15) is 44.9 Å². The monoisotopic (exact) mass is 328 g/mol. The van der Waals surface area contributed by atoms with Gasteiger partial charge in [-0.05, 0) is 31.9 Å². The normalized spacial score (nSPS) is 22.1. The van der Waals surface area contributed by atoms with E-state index in [1.54, 1.807) is 0 Å². The molecule has 21 heavy (non-hydrogen) atoms. The van der Waals surface area contributed by atoms with Crippen LogP contribution < -0.4 is 5.32 Å². The highest BCUT2D eigenvalue weighted by Crippen LogP contribution is 2.29. The second-order valence-corrected chi connectivity index (χ2v) is 7.33. The molecule has 2 rings (SSSR count). The maximum atomic E-state index is 13.0. The second kappa shape index (κ2) is 6.36. The van der Waals surface area contributed by atoms with E-state index in [0.29, 0.717) is 30.1 Å². The smallest absolute Gasteiger partial charge is 0.248 e. The number of thiophene rings is 1. The lowest BCUT2D eigenvalue weighted by Crippen LogP contribution is -2.56. The summed E-state index contributed by atoms with van der Waals surface area (Å²) < 4.78 is 0.714. The van der Waals surface area contributed by atoms with Gasteiger partial charge in [0.25, 0.3) is 0 Å². The average molecular weight is 329 g/mol. The molecule has 2 amide bonds. The molecule has 1 aliphatic heterocycles. The maximum Gasteiger partial charge on any atom is 0.248 e. The van der Waals surface area contributed by atoms with E-state index in [2.05, 4.69) is 5.32 Å². The van der Waals surface area contributed by atoms with E-state index in [1.807, 2.05) is 37.8 Å². The molecule has 1 saturated heterocycles. The van der Waals surface area contributed by atoms with Crippen molar-refractivity contribution in [3.05, 3.63) is 21.3 Å². The second-order valence-electron chi connectivity index (χ2n) is 5.53. The number of carbonyl (C=O) groups excluding carboxylic acids is 2. The molecule has 0 aliphatic carbocycles. The first-order chi connectivity index (χ1) is 9.91. The van der Waals surface area contributed by atoms with Gasteiger partial charge in [-0.1, -0.05) is 25.4 Å². The van der Waals surface area contributed by atoms with Crippen LogP contribution in [0.25, 0.3) is 0 Å². The molecule has 0 saturated carbocycles. The van der Waals surface area contributed by atoms with Crippen LogP contribution >= 0.6 is 22.9 Å². The van der Waals surface area contributed by atoms with E-state index in [9.17, 15) is 9.59 Å². The molecule has 1 N–H and O–H groups in total. The van der Waals surface area contributed by atoms with Crippen LogP contribution in [0.5, 0.6) is 0 Å². The molecule has 0 radical (unpaired) electrons. The Morgan fingerprint density at radius 2 is 2.05 bits per heavy atom. The number of carbonyl (C=O) groups is 2. The van der Waals surface area contributed by atoms with E-state index in [1.165, 1.54) is 11.3 Å². The van der Waals surface area contributed by atoms with Crippen molar-refractivity contribution in [3.63, 3.8) is 0 Å². The Bertz CT molecular complexity index is 540. The highest BCUT2D eigenvalue weighted by Gasteiger charge is 2.43. The van der Waals surface area contributed by atoms with Gasteiger partial charge in [0.15, 0.2) is 0 Å². The zero-order valence-electron chi connectivity index (χ0n) is 12.6. The Labute approximate surface area is 134 Å². The van der Waals surface area contributed by atoms with Crippen molar-refractivity contribution in [2.75, 3.05) is 0 Å². The van der Waals surface area contributed by atoms with E-state index < -0.39 is 5.54 Å². The van der Waals surface area contributed by atoms with Crippen molar-refractivity contribution in [1.82, 2.24) is 10.2 Å². The van der Waals surface area contributed by atoms with Gasteiger partial charge in [0.05, 0.1) is 10.9 Å². The topological polar surface area (TPSA) is 49.4 Å². The first kappa shape index (κ1) is 16.3. The zero-order chi connectivity index (χ0) is 15.6. The van der Waals surface area contributed by atoms with Crippen molar-refractivity contribution in [3.8, 4) is 0 Å². The minimum atomic E-state index is -0.775. The van der Waals surface area contributed by atoms with Gasteiger partial charge in [0.2, 0.25) is 11.8 Å².